The topological polar surface area (TPSA) is 53.4 Å². The number of rotatable bonds is 5. The van der Waals surface area contributed by atoms with Crippen LogP contribution in [0, 0.1) is 12.3 Å². The molecule has 1 unspecified atom stereocenters. The van der Waals surface area contributed by atoms with Gasteiger partial charge >= 0.3 is 5.97 Å². The fourth-order valence-corrected chi connectivity index (χ4v) is 1.43. The maximum absolute atomic E-state index is 10.7. The summed E-state index contributed by atoms with van der Waals surface area (Å²) >= 11 is 0. The molecule has 0 amide bonds. The molecule has 84 valence electrons. The summed E-state index contributed by atoms with van der Waals surface area (Å²) in [6, 6.07) is 5.44. The largest absolute Gasteiger partial charge is 0.480 e. The van der Waals surface area contributed by atoms with Crippen molar-refractivity contribution in [3.8, 4) is 12.3 Å². The number of hydrogen-bond acceptors (Lipinski definition) is 3. The lowest BCUT2D eigenvalue weighted by Crippen LogP contribution is -2.33. The van der Waals surface area contributed by atoms with Gasteiger partial charge in [0.25, 0.3) is 0 Å². The first kappa shape index (κ1) is 12.2. The zero-order valence-corrected chi connectivity index (χ0v) is 9.13. The Morgan fingerprint density at radius 3 is 2.94 bits per heavy atom. The van der Waals surface area contributed by atoms with Gasteiger partial charge in [-0.3, -0.25) is 14.7 Å². The Hall–Kier alpha value is -1.86. The average Bonchev–Trinajstić information content (AvgIpc) is 2.28. The average molecular weight is 218 g/mol. The van der Waals surface area contributed by atoms with Crippen LogP contribution in [0.3, 0.4) is 0 Å². The van der Waals surface area contributed by atoms with Crippen LogP contribution in [0.2, 0.25) is 0 Å². The van der Waals surface area contributed by atoms with E-state index < -0.39 is 5.97 Å². The molecule has 1 aromatic heterocycles. The van der Waals surface area contributed by atoms with Crippen molar-refractivity contribution in [3.05, 3.63) is 30.1 Å². The van der Waals surface area contributed by atoms with Crippen LogP contribution in [0.5, 0.6) is 0 Å². The molecule has 0 aliphatic rings. The van der Waals surface area contributed by atoms with Crippen molar-refractivity contribution in [1.29, 1.82) is 0 Å². The Morgan fingerprint density at radius 1 is 1.69 bits per heavy atom. The molecule has 0 saturated heterocycles. The molecule has 1 atom stereocenters. The number of terminal acetylenes is 1. The van der Waals surface area contributed by atoms with E-state index in [0.29, 0.717) is 6.54 Å². The monoisotopic (exact) mass is 218 g/mol. The summed E-state index contributed by atoms with van der Waals surface area (Å²) in [7, 11) is 0. The Balaban J connectivity index is 2.79. The quantitative estimate of drug-likeness (QED) is 0.753. The van der Waals surface area contributed by atoms with Crippen LogP contribution < -0.4 is 0 Å². The molecule has 0 aliphatic heterocycles. The molecule has 0 aromatic carbocycles. The molecule has 1 N–H and O–H groups in total. The maximum Gasteiger partial charge on any atom is 0.317 e. The highest BCUT2D eigenvalue weighted by atomic mass is 16.4. The SMILES string of the molecule is C#CCN(CC(=O)O)C(C)c1ccccn1. The smallest absolute Gasteiger partial charge is 0.317 e. The summed E-state index contributed by atoms with van der Waals surface area (Å²) in [5.74, 6) is 1.57. The summed E-state index contributed by atoms with van der Waals surface area (Å²) in [6.07, 6.45) is 6.90. The van der Waals surface area contributed by atoms with E-state index >= 15 is 0 Å². The molecule has 0 fully saturated rings. The molecule has 0 radical (unpaired) electrons. The first-order chi connectivity index (χ1) is 7.65. The summed E-state index contributed by atoms with van der Waals surface area (Å²) in [4.78, 5) is 16.6. The van der Waals surface area contributed by atoms with E-state index in [4.69, 9.17) is 11.5 Å². The second-order valence-electron chi connectivity index (χ2n) is 3.43. The van der Waals surface area contributed by atoms with Crippen LogP contribution in [0.4, 0.5) is 0 Å². The van der Waals surface area contributed by atoms with Crippen LogP contribution in [0.25, 0.3) is 0 Å². The summed E-state index contributed by atoms with van der Waals surface area (Å²) in [5, 5.41) is 8.78. The third kappa shape index (κ3) is 3.37. The van der Waals surface area contributed by atoms with E-state index in [1.54, 1.807) is 11.1 Å². The molecule has 0 spiro atoms. The van der Waals surface area contributed by atoms with E-state index in [1.807, 2.05) is 25.1 Å². The van der Waals surface area contributed by atoms with Crippen LogP contribution in [0.1, 0.15) is 18.7 Å². The molecule has 0 saturated carbocycles. The van der Waals surface area contributed by atoms with Crippen molar-refractivity contribution < 1.29 is 9.90 Å². The van der Waals surface area contributed by atoms with Crippen molar-refractivity contribution in [1.82, 2.24) is 9.88 Å². The van der Waals surface area contributed by atoms with Crippen molar-refractivity contribution in [2.24, 2.45) is 0 Å². The van der Waals surface area contributed by atoms with Gasteiger partial charge in [0.2, 0.25) is 0 Å². The first-order valence-corrected chi connectivity index (χ1v) is 4.95. The van der Waals surface area contributed by atoms with E-state index in [2.05, 4.69) is 10.9 Å². The number of carboxylic acids is 1. The molecule has 0 bridgehead atoms. The Labute approximate surface area is 94.9 Å². The fraction of sp³-hybridized carbons (Fsp3) is 0.333. The van der Waals surface area contributed by atoms with Crippen molar-refractivity contribution >= 4 is 5.97 Å². The second-order valence-corrected chi connectivity index (χ2v) is 3.43. The van der Waals surface area contributed by atoms with Gasteiger partial charge in [-0.25, -0.2) is 0 Å². The minimum Gasteiger partial charge on any atom is -0.480 e. The number of carbonyl (C=O) groups is 1. The van der Waals surface area contributed by atoms with Crippen molar-refractivity contribution in [3.63, 3.8) is 0 Å². The molecule has 16 heavy (non-hydrogen) atoms. The van der Waals surface area contributed by atoms with Gasteiger partial charge in [-0.15, -0.1) is 6.42 Å². The van der Waals surface area contributed by atoms with Crippen LogP contribution in [0.15, 0.2) is 24.4 Å². The highest BCUT2D eigenvalue weighted by Crippen LogP contribution is 2.16. The highest BCUT2D eigenvalue weighted by molar-refractivity contribution is 5.69. The lowest BCUT2D eigenvalue weighted by atomic mass is 10.2. The van der Waals surface area contributed by atoms with Gasteiger partial charge in [0, 0.05) is 6.20 Å². The molecular weight excluding hydrogens is 204 g/mol. The Kier molecular flexibility index (Phi) is 4.49. The highest BCUT2D eigenvalue weighted by Gasteiger charge is 2.18. The number of aromatic nitrogens is 1. The zero-order valence-electron chi connectivity index (χ0n) is 9.13. The van der Waals surface area contributed by atoms with Crippen molar-refractivity contribution in [2.75, 3.05) is 13.1 Å². The predicted octanol–water partition coefficient (Wildman–Crippen LogP) is 1.16. The minimum atomic E-state index is -0.891. The Bertz CT molecular complexity index is 384. The molecule has 4 nitrogen and oxygen atoms in total. The van der Waals surface area contributed by atoms with Gasteiger partial charge in [0.1, 0.15) is 0 Å². The minimum absolute atomic E-state index is 0.0814. The van der Waals surface area contributed by atoms with Gasteiger partial charge in [-0.05, 0) is 19.1 Å². The molecule has 1 heterocycles. The molecule has 0 aliphatic carbocycles. The molecule has 4 heteroatoms. The van der Waals surface area contributed by atoms with Crippen molar-refractivity contribution in [2.45, 2.75) is 13.0 Å². The van der Waals surface area contributed by atoms with E-state index in [-0.39, 0.29) is 12.6 Å². The van der Waals surface area contributed by atoms with Gasteiger partial charge in [-0.2, -0.15) is 0 Å². The van der Waals surface area contributed by atoms with Gasteiger partial charge < -0.3 is 5.11 Å². The number of carboxylic acid groups (broad SMARTS) is 1. The van der Waals surface area contributed by atoms with Crippen LogP contribution in [-0.4, -0.2) is 34.0 Å². The van der Waals surface area contributed by atoms with Gasteiger partial charge in [0.05, 0.1) is 24.8 Å². The summed E-state index contributed by atoms with van der Waals surface area (Å²) < 4.78 is 0. The predicted molar refractivity (Wildman–Crippen MR) is 60.7 cm³/mol. The molecule has 1 aromatic rings. The first-order valence-electron chi connectivity index (χ1n) is 4.95. The number of hydrogen-bond donors (Lipinski definition) is 1. The third-order valence-corrected chi connectivity index (χ3v) is 2.30. The lowest BCUT2D eigenvalue weighted by Gasteiger charge is -2.24. The van der Waals surface area contributed by atoms with Gasteiger partial charge in [0.15, 0.2) is 0 Å². The van der Waals surface area contributed by atoms with E-state index in [0.717, 1.165) is 5.69 Å². The van der Waals surface area contributed by atoms with Crippen LogP contribution >= 0.6 is 0 Å². The van der Waals surface area contributed by atoms with E-state index in [1.165, 1.54) is 0 Å². The lowest BCUT2D eigenvalue weighted by molar-refractivity contribution is -0.138. The number of aliphatic carboxylic acids is 1. The van der Waals surface area contributed by atoms with Gasteiger partial charge in [-0.1, -0.05) is 12.0 Å². The second kappa shape index (κ2) is 5.89. The molecule has 1 rings (SSSR count). The maximum atomic E-state index is 10.7. The van der Waals surface area contributed by atoms with E-state index in [9.17, 15) is 4.79 Å². The number of pyridine rings is 1. The zero-order chi connectivity index (χ0) is 12.0. The summed E-state index contributed by atoms with van der Waals surface area (Å²) in [5.41, 5.74) is 0.819. The standard InChI is InChI=1S/C12H14N2O2/c1-3-8-14(9-12(15)16)10(2)11-6-4-5-7-13-11/h1,4-7,10H,8-9H2,2H3,(H,15,16). The normalized spacial score (nSPS) is 12.1. The fourth-order valence-electron chi connectivity index (χ4n) is 1.43. The third-order valence-electron chi connectivity index (χ3n) is 2.30. The summed E-state index contributed by atoms with van der Waals surface area (Å²) in [6.45, 7) is 2.11. The van der Waals surface area contributed by atoms with Crippen LogP contribution in [-0.2, 0) is 4.79 Å². The Morgan fingerprint density at radius 2 is 2.44 bits per heavy atom. The number of nitrogens with zero attached hydrogens (tertiary/aromatic N) is 2. The molecular formula is C12H14N2O2.